The van der Waals surface area contributed by atoms with Gasteiger partial charge < -0.3 is 19.7 Å². The van der Waals surface area contributed by atoms with Crippen molar-refractivity contribution >= 4 is 11.6 Å². The zero-order valence-electron chi connectivity index (χ0n) is 17.3. The smallest absolute Gasteiger partial charge is 0.256 e. The van der Waals surface area contributed by atoms with Crippen molar-refractivity contribution in [1.29, 1.82) is 0 Å². The summed E-state index contributed by atoms with van der Waals surface area (Å²) in [4.78, 5) is 15.1. The Balaban J connectivity index is 1.75. The molecule has 1 aromatic carbocycles. The number of anilines is 1. The minimum atomic E-state index is -0.792. The van der Waals surface area contributed by atoms with Crippen molar-refractivity contribution in [2.75, 3.05) is 38.7 Å². The van der Waals surface area contributed by atoms with Gasteiger partial charge in [0.2, 0.25) is 0 Å². The van der Waals surface area contributed by atoms with Gasteiger partial charge in [0.15, 0.2) is 0 Å². The first kappa shape index (κ1) is 21.7. The van der Waals surface area contributed by atoms with Gasteiger partial charge in [-0.15, -0.1) is 0 Å². The molecule has 27 heavy (non-hydrogen) atoms. The molecule has 5 heteroatoms. The molecule has 0 aromatic heterocycles. The van der Waals surface area contributed by atoms with Gasteiger partial charge in [0, 0.05) is 19.3 Å². The number of nitrogens with zero attached hydrogens (tertiary/aromatic N) is 1. The van der Waals surface area contributed by atoms with E-state index in [9.17, 15) is 4.79 Å². The summed E-state index contributed by atoms with van der Waals surface area (Å²) in [7, 11) is 1.60. The Morgan fingerprint density at radius 1 is 1.15 bits per heavy atom. The molecule has 1 heterocycles. The molecule has 152 valence electrons. The number of methoxy groups -OCH3 is 1. The molecule has 0 saturated carbocycles. The maximum absolute atomic E-state index is 12.6. The van der Waals surface area contributed by atoms with Gasteiger partial charge in [-0.05, 0) is 70.0 Å². The predicted molar refractivity (Wildman–Crippen MR) is 110 cm³/mol. The van der Waals surface area contributed by atoms with Crippen molar-refractivity contribution in [1.82, 2.24) is 4.90 Å². The van der Waals surface area contributed by atoms with Crippen LogP contribution >= 0.6 is 0 Å². The molecule has 0 spiro atoms. The number of rotatable bonds is 12. The first-order chi connectivity index (χ1) is 13.1. The number of hydrogen-bond donors (Lipinski definition) is 1. The lowest BCUT2D eigenvalue weighted by molar-refractivity contribution is -0.136. The van der Waals surface area contributed by atoms with Crippen LogP contribution in [-0.4, -0.2) is 49.8 Å². The molecule has 1 fully saturated rings. The fraction of sp³-hybridized carbons (Fsp3) is 0.682. The number of carbonyl (C=O) groups is 1. The second kappa shape index (κ2) is 11.3. The van der Waals surface area contributed by atoms with E-state index in [1.807, 2.05) is 31.2 Å². The van der Waals surface area contributed by atoms with Crippen LogP contribution in [0.5, 0.6) is 5.75 Å². The van der Waals surface area contributed by atoms with E-state index in [1.165, 1.54) is 25.9 Å². The molecule has 1 N–H and O–H groups in total. The van der Waals surface area contributed by atoms with E-state index in [0.717, 1.165) is 56.7 Å². The molecule has 1 aromatic rings. The highest BCUT2D eigenvalue weighted by atomic mass is 16.5. The van der Waals surface area contributed by atoms with Gasteiger partial charge >= 0.3 is 0 Å². The highest BCUT2D eigenvalue weighted by molar-refractivity contribution is 5.97. The number of likely N-dealkylation sites (tertiary alicyclic amines) is 1. The van der Waals surface area contributed by atoms with Crippen molar-refractivity contribution in [3.8, 4) is 5.75 Å². The van der Waals surface area contributed by atoms with Crippen molar-refractivity contribution in [3.05, 3.63) is 24.3 Å². The minimum absolute atomic E-state index is 0.0969. The summed E-state index contributed by atoms with van der Waals surface area (Å²) in [5.74, 6) is 0.743. The number of benzene rings is 1. The first-order valence-electron chi connectivity index (χ1n) is 10.4. The molecule has 1 amide bonds. The van der Waals surface area contributed by atoms with Crippen LogP contribution in [0.3, 0.4) is 0 Å². The third kappa shape index (κ3) is 7.15. The standard InChI is InChI=1S/C22H36N2O3/c1-4-5-6-14-22(2,26-3)21(25)23-19-10-12-20(13-11-19)27-18-9-17-24-15-7-8-16-24/h10-13H,4-9,14-18H2,1-3H3,(H,23,25)/t22-/m0/s1. The molecule has 2 rings (SSSR count). The molecule has 5 nitrogen and oxygen atoms in total. The van der Waals surface area contributed by atoms with Crippen LogP contribution in [0.4, 0.5) is 5.69 Å². The summed E-state index contributed by atoms with van der Waals surface area (Å²) in [6.07, 6.45) is 7.64. The average molecular weight is 377 g/mol. The topological polar surface area (TPSA) is 50.8 Å². The number of nitrogens with one attached hydrogen (secondary N) is 1. The van der Waals surface area contributed by atoms with E-state index < -0.39 is 5.60 Å². The fourth-order valence-corrected chi connectivity index (χ4v) is 3.40. The Bertz CT molecular complexity index is 555. The summed E-state index contributed by atoms with van der Waals surface area (Å²) in [6, 6.07) is 7.59. The van der Waals surface area contributed by atoms with Crippen LogP contribution in [0.2, 0.25) is 0 Å². The van der Waals surface area contributed by atoms with Gasteiger partial charge in [-0.3, -0.25) is 4.79 Å². The van der Waals surface area contributed by atoms with Crippen molar-refractivity contribution in [2.45, 2.75) is 64.4 Å². The van der Waals surface area contributed by atoms with Crippen LogP contribution in [0.15, 0.2) is 24.3 Å². The van der Waals surface area contributed by atoms with E-state index in [4.69, 9.17) is 9.47 Å². The van der Waals surface area contributed by atoms with Crippen LogP contribution < -0.4 is 10.1 Å². The second-order valence-electron chi connectivity index (χ2n) is 7.62. The quantitative estimate of drug-likeness (QED) is 0.547. The van der Waals surface area contributed by atoms with Crippen LogP contribution in [0, 0.1) is 0 Å². The van der Waals surface area contributed by atoms with Crippen molar-refractivity contribution in [3.63, 3.8) is 0 Å². The molecular weight excluding hydrogens is 340 g/mol. The van der Waals surface area contributed by atoms with E-state index in [2.05, 4.69) is 17.1 Å². The third-order valence-electron chi connectivity index (χ3n) is 5.39. The highest BCUT2D eigenvalue weighted by Gasteiger charge is 2.32. The zero-order valence-corrected chi connectivity index (χ0v) is 17.3. The fourth-order valence-electron chi connectivity index (χ4n) is 3.40. The maximum atomic E-state index is 12.6. The first-order valence-corrected chi connectivity index (χ1v) is 10.4. The molecule has 0 unspecified atom stereocenters. The van der Waals surface area contributed by atoms with E-state index in [1.54, 1.807) is 7.11 Å². The number of ether oxygens (including phenoxy) is 2. The lowest BCUT2D eigenvalue weighted by Gasteiger charge is -2.27. The lowest BCUT2D eigenvalue weighted by Crippen LogP contribution is -2.41. The zero-order chi connectivity index (χ0) is 19.5. The van der Waals surface area contributed by atoms with Crippen LogP contribution in [0.25, 0.3) is 0 Å². The largest absolute Gasteiger partial charge is 0.494 e. The number of unbranched alkanes of at least 4 members (excludes halogenated alkanes) is 2. The summed E-state index contributed by atoms with van der Waals surface area (Å²) in [6.45, 7) is 8.31. The molecule has 1 aliphatic rings. The maximum Gasteiger partial charge on any atom is 0.256 e. The molecule has 1 atom stereocenters. The number of hydrogen-bond acceptors (Lipinski definition) is 4. The van der Waals surface area contributed by atoms with E-state index >= 15 is 0 Å². The van der Waals surface area contributed by atoms with Gasteiger partial charge in [0.25, 0.3) is 5.91 Å². The van der Waals surface area contributed by atoms with Gasteiger partial charge in [-0.1, -0.05) is 26.2 Å². The molecule has 1 aliphatic heterocycles. The Kier molecular flexibility index (Phi) is 9.08. The normalized spacial score (nSPS) is 16.9. The van der Waals surface area contributed by atoms with Gasteiger partial charge in [0.1, 0.15) is 11.4 Å². The van der Waals surface area contributed by atoms with Crippen molar-refractivity contribution in [2.24, 2.45) is 0 Å². The molecule has 0 aliphatic carbocycles. The van der Waals surface area contributed by atoms with Crippen LogP contribution in [0.1, 0.15) is 58.8 Å². The Hall–Kier alpha value is -1.59. The van der Waals surface area contributed by atoms with Gasteiger partial charge in [-0.25, -0.2) is 0 Å². The SMILES string of the molecule is CCCCC[C@](C)(OC)C(=O)Nc1ccc(OCCCN2CCCC2)cc1. The van der Waals surface area contributed by atoms with Gasteiger partial charge in [-0.2, -0.15) is 0 Å². The Morgan fingerprint density at radius 2 is 1.85 bits per heavy atom. The second-order valence-corrected chi connectivity index (χ2v) is 7.62. The average Bonchev–Trinajstić information content (AvgIpc) is 3.20. The molecule has 1 saturated heterocycles. The Labute approximate surface area is 164 Å². The van der Waals surface area contributed by atoms with E-state index in [-0.39, 0.29) is 5.91 Å². The number of carbonyl (C=O) groups excluding carboxylic acids is 1. The third-order valence-corrected chi connectivity index (χ3v) is 5.39. The summed E-state index contributed by atoms with van der Waals surface area (Å²) in [5.41, 5.74) is -0.0249. The minimum Gasteiger partial charge on any atom is -0.494 e. The molecule has 0 bridgehead atoms. The summed E-state index contributed by atoms with van der Waals surface area (Å²) < 4.78 is 11.3. The van der Waals surface area contributed by atoms with E-state index in [0.29, 0.717) is 0 Å². The number of amides is 1. The Morgan fingerprint density at radius 3 is 2.48 bits per heavy atom. The summed E-state index contributed by atoms with van der Waals surface area (Å²) in [5, 5.41) is 2.97. The molecule has 0 radical (unpaired) electrons. The highest BCUT2D eigenvalue weighted by Crippen LogP contribution is 2.22. The molecular formula is C22H36N2O3. The predicted octanol–water partition coefficient (Wildman–Crippen LogP) is 4.48. The lowest BCUT2D eigenvalue weighted by atomic mass is 9.97. The van der Waals surface area contributed by atoms with Crippen LogP contribution in [-0.2, 0) is 9.53 Å². The van der Waals surface area contributed by atoms with Gasteiger partial charge in [0.05, 0.1) is 6.61 Å². The summed E-state index contributed by atoms with van der Waals surface area (Å²) >= 11 is 0. The monoisotopic (exact) mass is 376 g/mol. The van der Waals surface area contributed by atoms with Crippen molar-refractivity contribution < 1.29 is 14.3 Å².